The molecule has 0 radical (unpaired) electrons. The van der Waals surface area contributed by atoms with Gasteiger partial charge in [-0.1, -0.05) is 6.42 Å². The first kappa shape index (κ1) is 12.7. The number of hydrogen-bond donors (Lipinski definition) is 0. The van der Waals surface area contributed by atoms with Crippen molar-refractivity contribution in [2.75, 3.05) is 14.1 Å². The van der Waals surface area contributed by atoms with Gasteiger partial charge in [0.15, 0.2) is 0 Å². The lowest BCUT2D eigenvalue weighted by atomic mass is 9.77. The summed E-state index contributed by atoms with van der Waals surface area (Å²) in [6, 6.07) is 7.13. The van der Waals surface area contributed by atoms with E-state index in [-0.39, 0.29) is 5.60 Å². The molecule has 0 N–H and O–H groups in total. The maximum Gasteiger partial charge on any atom is 0.129 e. The van der Waals surface area contributed by atoms with E-state index in [9.17, 15) is 0 Å². The maximum absolute atomic E-state index is 6.42. The van der Waals surface area contributed by atoms with Crippen molar-refractivity contribution < 1.29 is 4.74 Å². The highest BCUT2D eigenvalue weighted by Gasteiger charge is 2.48. The number of halogens is 1. The molecule has 98 valence electrons. The summed E-state index contributed by atoms with van der Waals surface area (Å²) >= 11 is 2.39. The molecule has 0 bridgehead atoms. The van der Waals surface area contributed by atoms with Crippen molar-refractivity contribution in [3.63, 3.8) is 0 Å². The van der Waals surface area contributed by atoms with Crippen LogP contribution in [0.5, 0.6) is 5.75 Å². The van der Waals surface area contributed by atoms with E-state index in [1.54, 1.807) is 0 Å². The Labute approximate surface area is 123 Å². The zero-order chi connectivity index (χ0) is 12.8. The SMILES string of the molecule is CN(C)[C@H]1CCCC[C@]12Cc1cc(I)ccc1O2. The molecule has 18 heavy (non-hydrogen) atoms. The van der Waals surface area contributed by atoms with Gasteiger partial charge < -0.3 is 9.64 Å². The molecule has 1 aliphatic carbocycles. The molecule has 1 aliphatic heterocycles. The second kappa shape index (κ2) is 4.67. The van der Waals surface area contributed by atoms with Crippen LogP contribution in [-0.2, 0) is 6.42 Å². The van der Waals surface area contributed by atoms with Gasteiger partial charge in [-0.05, 0) is 79.7 Å². The molecule has 0 amide bonds. The van der Waals surface area contributed by atoms with E-state index in [1.165, 1.54) is 34.8 Å². The van der Waals surface area contributed by atoms with Crippen LogP contribution >= 0.6 is 22.6 Å². The highest BCUT2D eigenvalue weighted by Crippen LogP contribution is 2.45. The van der Waals surface area contributed by atoms with Crippen molar-refractivity contribution >= 4 is 22.6 Å². The zero-order valence-corrected chi connectivity index (χ0v) is 13.2. The van der Waals surface area contributed by atoms with Crippen molar-refractivity contribution in [2.24, 2.45) is 0 Å². The van der Waals surface area contributed by atoms with Gasteiger partial charge in [-0.15, -0.1) is 0 Å². The first-order valence-corrected chi connectivity index (χ1v) is 7.82. The molecule has 1 aromatic rings. The first-order valence-electron chi connectivity index (χ1n) is 6.75. The minimum absolute atomic E-state index is 0.0362. The van der Waals surface area contributed by atoms with Gasteiger partial charge >= 0.3 is 0 Å². The Hall–Kier alpha value is -0.290. The second-order valence-corrected chi connectivity index (χ2v) is 7.07. The molecule has 2 aliphatic rings. The largest absolute Gasteiger partial charge is 0.485 e. The first-order chi connectivity index (χ1) is 8.61. The summed E-state index contributed by atoms with van der Waals surface area (Å²) < 4.78 is 7.73. The Balaban J connectivity index is 1.93. The Morgan fingerprint density at radius 1 is 1.33 bits per heavy atom. The van der Waals surface area contributed by atoms with Crippen molar-refractivity contribution in [3.8, 4) is 5.75 Å². The maximum atomic E-state index is 6.42. The van der Waals surface area contributed by atoms with Gasteiger partial charge in [0.2, 0.25) is 0 Å². The Morgan fingerprint density at radius 3 is 2.94 bits per heavy atom. The van der Waals surface area contributed by atoms with Gasteiger partial charge in [-0.3, -0.25) is 0 Å². The number of likely N-dealkylation sites (N-methyl/N-ethyl adjacent to an activating group) is 1. The molecule has 1 aromatic carbocycles. The standard InChI is InChI=1S/C15H20INO/c1-17(2)14-5-3-4-8-15(14)10-11-9-12(16)6-7-13(11)18-15/h6-7,9,14H,3-5,8,10H2,1-2H3/t14-,15-/m0/s1. The predicted octanol–water partition coefficient (Wildman–Crippen LogP) is 3.47. The summed E-state index contributed by atoms with van der Waals surface area (Å²) in [7, 11) is 4.38. The van der Waals surface area contributed by atoms with Gasteiger partial charge in [-0.25, -0.2) is 0 Å². The smallest absolute Gasteiger partial charge is 0.129 e. The van der Waals surface area contributed by atoms with Crippen LogP contribution < -0.4 is 4.74 Å². The van der Waals surface area contributed by atoms with Crippen LogP contribution in [-0.4, -0.2) is 30.6 Å². The van der Waals surface area contributed by atoms with Crippen LogP contribution in [0, 0.1) is 3.57 Å². The number of nitrogens with zero attached hydrogens (tertiary/aromatic N) is 1. The molecule has 1 fully saturated rings. The van der Waals surface area contributed by atoms with Crippen LogP contribution in [0.25, 0.3) is 0 Å². The van der Waals surface area contributed by atoms with Gasteiger partial charge in [0, 0.05) is 16.0 Å². The molecule has 3 heteroatoms. The number of ether oxygens (including phenoxy) is 1. The normalized spacial score (nSPS) is 30.6. The van der Waals surface area contributed by atoms with Crippen molar-refractivity contribution in [2.45, 2.75) is 43.7 Å². The Morgan fingerprint density at radius 2 is 2.17 bits per heavy atom. The topological polar surface area (TPSA) is 12.5 Å². The van der Waals surface area contributed by atoms with Gasteiger partial charge in [0.05, 0.1) is 0 Å². The number of hydrogen-bond acceptors (Lipinski definition) is 2. The third-order valence-electron chi connectivity index (χ3n) is 4.38. The minimum atomic E-state index is 0.0362. The highest BCUT2D eigenvalue weighted by molar-refractivity contribution is 14.1. The minimum Gasteiger partial charge on any atom is -0.485 e. The number of rotatable bonds is 1. The molecule has 1 saturated carbocycles. The van der Waals surface area contributed by atoms with Crippen LogP contribution in [0.2, 0.25) is 0 Å². The average Bonchev–Trinajstić information content (AvgIpc) is 2.66. The summed E-state index contributed by atoms with van der Waals surface area (Å²) in [6.45, 7) is 0. The molecule has 0 saturated heterocycles. The third-order valence-corrected chi connectivity index (χ3v) is 5.05. The molecule has 1 spiro atoms. The lowest BCUT2D eigenvalue weighted by Crippen LogP contribution is -2.55. The number of fused-ring (bicyclic) bond motifs is 1. The molecule has 3 rings (SSSR count). The Bertz CT molecular complexity index is 460. The molecule has 2 atom stereocenters. The van der Waals surface area contributed by atoms with E-state index in [0.717, 1.165) is 12.2 Å². The van der Waals surface area contributed by atoms with E-state index in [1.807, 2.05) is 0 Å². The molecule has 0 unspecified atom stereocenters. The van der Waals surface area contributed by atoms with E-state index < -0.39 is 0 Å². The summed E-state index contributed by atoms with van der Waals surface area (Å²) in [4.78, 5) is 2.36. The van der Waals surface area contributed by atoms with E-state index >= 15 is 0 Å². The van der Waals surface area contributed by atoms with Crippen molar-refractivity contribution in [1.29, 1.82) is 0 Å². The molecule has 1 heterocycles. The lowest BCUT2D eigenvalue weighted by Gasteiger charge is -2.44. The van der Waals surface area contributed by atoms with Crippen molar-refractivity contribution in [3.05, 3.63) is 27.3 Å². The van der Waals surface area contributed by atoms with E-state index in [0.29, 0.717) is 6.04 Å². The highest BCUT2D eigenvalue weighted by atomic mass is 127. The fraction of sp³-hybridized carbons (Fsp3) is 0.600. The predicted molar refractivity (Wildman–Crippen MR) is 82.2 cm³/mol. The lowest BCUT2D eigenvalue weighted by molar-refractivity contribution is -0.0222. The van der Waals surface area contributed by atoms with E-state index in [2.05, 4.69) is 59.8 Å². The monoisotopic (exact) mass is 357 g/mol. The average molecular weight is 357 g/mol. The third kappa shape index (κ3) is 2.05. The Kier molecular flexibility index (Phi) is 3.30. The van der Waals surface area contributed by atoms with Gasteiger partial charge in [0.1, 0.15) is 11.4 Å². The van der Waals surface area contributed by atoms with Gasteiger partial charge in [0.25, 0.3) is 0 Å². The summed E-state index contributed by atoms with van der Waals surface area (Å²) in [5, 5.41) is 0. The summed E-state index contributed by atoms with van der Waals surface area (Å²) in [6.07, 6.45) is 6.18. The van der Waals surface area contributed by atoms with Crippen LogP contribution in [0.1, 0.15) is 31.2 Å². The quantitative estimate of drug-likeness (QED) is 0.714. The molecule has 0 aromatic heterocycles. The fourth-order valence-corrected chi connectivity index (χ4v) is 4.16. The van der Waals surface area contributed by atoms with E-state index in [4.69, 9.17) is 4.74 Å². The zero-order valence-electron chi connectivity index (χ0n) is 11.1. The summed E-state index contributed by atoms with van der Waals surface area (Å²) in [5.74, 6) is 1.11. The van der Waals surface area contributed by atoms with Crippen LogP contribution in [0.15, 0.2) is 18.2 Å². The summed E-state index contributed by atoms with van der Waals surface area (Å²) in [5.41, 5.74) is 1.43. The molecular formula is C15H20INO. The van der Waals surface area contributed by atoms with Crippen molar-refractivity contribution in [1.82, 2.24) is 4.90 Å². The van der Waals surface area contributed by atoms with Crippen LogP contribution in [0.3, 0.4) is 0 Å². The molecule has 2 nitrogen and oxygen atoms in total. The number of benzene rings is 1. The van der Waals surface area contributed by atoms with Gasteiger partial charge in [-0.2, -0.15) is 0 Å². The molecular weight excluding hydrogens is 337 g/mol. The fourth-order valence-electron chi connectivity index (χ4n) is 3.61. The second-order valence-electron chi connectivity index (χ2n) is 5.82. The van der Waals surface area contributed by atoms with Crippen LogP contribution in [0.4, 0.5) is 0 Å².